The summed E-state index contributed by atoms with van der Waals surface area (Å²) in [6, 6.07) is 5.45. The SMILES string of the molecule is CCCCC(N[C@@H](C)c1ccc(F)cc1)C(=O)O. The molecule has 0 aliphatic rings. The summed E-state index contributed by atoms with van der Waals surface area (Å²) in [6.07, 6.45) is 2.45. The number of carbonyl (C=O) groups is 1. The number of benzene rings is 1. The molecular formula is C14H20FNO2. The van der Waals surface area contributed by atoms with Crippen molar-refractivity contribution in [1.29, 1.82) is 0 Å². The van der Waals surface area contributed by atoms with Gasteiger partial charge < -0.3 is 5.11 Å². The fourth-order valence-electron chi connectivity index (χ4n) is 1.84. The third kappa shape index (κ3) is 4.45. The zero-order chi connectivity index (χ0) is 13.5. The summed E-state index contributed by atoms with van der Waals surface area (Å²) in [5.74, 6) is -1.12. The van der Waals surface area contributed by atoms with E-state index in [-0.39, 0.29) is 11.9 Å². The first-order chi connectivity index (χ1) is 8.54. The summed E-state index contributed by atoms with van der Waals surface area (Å²) in [7, 11) is 0. The van der Waals surface area contributed by atoms with Crippen molar-refractivity contribution < 1.29 is 14.3 Å². The second kappa shape index (κ2) is 7.11. The van der Waals surface area contributed by atoms with Crippen LogP contribution in [-0.2, 0) is 4.79 Å². The maximum atomic E-state index is 12.8. The summed E-state index contributed by atoms with van der Waals surface area (Å²) in [5, 5.41) is 12.2. The fourth-order valence-corrected chi connectivity index (χ4v) is 1.84. The van der Waals surface area contributed by atoms with Gasteiger partial charge in [-0.15, -0.1) is 0 Å². The highest BCUT2D eigenvalue weighted by Crippen LogP contribution is 2.15. The predicted octanol–water partition coefficient (Wildman–Crippen LogP) is 3.12. The molecule has 0 heterocycles. The van der Waals surface area contributed by atoms with E-state index in [1.165, 1.54) is 12.1 Å². The molecule has 0 fully saturated rings. The highest BCUT2D eigenvalue weighted by molar-refractivity contribution is 5.73. The van der Waals surface area contributed by atoms with Crippen LogP contribution in [0.25, 0.3) is 0 Å². The van der Waals surface area contributed by atoms with Crippen molar-refractivity contribution >= 4 is 5.97 Å². The van der Waals surface area contributed by atoms with Crippen LogP contribution < -0.4 is 5.32 Å². The summed E-state index contributed by atoms with van der Waals surface area (Å²) in [5.41, 5.74) is 0.888. The van der Waals surface area contributed by atoms with Gasteiger partial charge in [0, 0.05) is 6.04 Å². The average molecular weight is 253 g/mol. The van der Waals surface area contributed by atoms with E-state index >= 15 is 0 Å². The van der Waals surface area contributed by atoms with Gasteiger partial charge in [0.15, 0.2) is 0 Å². The lowest BCUT2D eigenvalue weighted by Crippen LogP contribution is -2.38. The van der Waals surface area contributed by atoms with Gasteiger partial charge in [0.05, 0.1) is 0 Å². The number of halogens is 1. The van der Waals surface area contributed by atoms with Crippen molar-refractivity contribution in [3.05, 3.63) is 35.6 Å². The molecule has 0 aliphatic carbocycles. The maximum absolute atomic E-state index is 12.8. The Bertz CT molecular complexity index is 378. The molecule has 0 spiro atoms. The summed E-state index contributed by atoms with van der Waals surface area (Å²) in [4.78, 5) is 11.1. The van der Waals surface area contributed by atoms with Crippen molar-refractivity contribution in [1.82, 2.24) is 5.32 Å². The molecule has 18 heavy (non-hydrogen) atoms. The second-order valence-corrected chi connectivity index (χ2v) is 4.47. The van der Waals surface area contributed by atoms with Crippen LogP contribution in [0.15, 0.2) is 24.3 Å². The fraction of sp³-hybridized carbons (Fsp3) is 0.500. The molecule has 0 amide bonds. The van der Waals surface area contributed by atoms with E-state index < -0.39 is 12.0 Å². The predicted molar refractivity (Wildman–Crippen MR) is 68.9 cm³/mol. The maximum Gasteiger partial charge on any atom is 0.320 e. The smallest absolute Gasteiger partial charge is 0.320 e. The first-order valence-electron chi connectivity index (χ1n) is 6.29. The lowest BCUT2D eigenvalue weighted by Gasteiger charge is -2.20. The summed E-state index contributed by atoms with van der Waals surface area (Å²) >= 11 is 0. The minimum atomic E-state index is -0.836. The molecule has 1 unspecified atom stereocenters. The van der Waals surface area contributed by atoms with E-state index in [2.05, 4.69) is 5.32 Å². The Hall–Kier alpha value is -1.42. The number of hydrogen-bond acceptors (Lipinski definition) is 2. The largest absolute Gasteiger partial charge is 0.480 e. The van der Waals surface area contributed by atoms with E-state index in [0.29, 0.717) is 6.42 Å². The Kier molecular flexibility index (Phi) is 5.78. The van der Waals surface area contributed by atoms with Crippen LogP contribution in [0.2, 0.25) is 0 Å². The molecule has 2 N–H and O–H groups in total. The minimum absolute atomic E-state index is 0.108. The highest BCUT2D eigenvalue weighted by atomic mass is 19.1. The molecular weight excluding hydrogens is 233 g/mol. The van der Waals surface area contributed by atoms with Crippen molar-refractivity contribution in [3.8, 4) is 0 Å². The number of carboxylic acids is 1. The van der Waals surface area contributed by atoms with Gasteiger partial charge in [0.2, 0.25) is 0 Å². The van der Waals surface area contributed by atoms with Gasteiger partial charge in [-0.1, -0.05) is 31.9 Å². The summed E-state index contributed by atoms with van der Waals surface area (Å²) in [6.45, 7) is 3.91. The quantitative estimate of drug-likeness (QED) is 0.785. The van der Waals surface area contributed by atoms with Gasteiger partial charge in [0.25, 0.3) is 0 Å². The van der Waals surface area contributed by atoms with Crippen molar-refractivity contribution in [2.24, 2.45) is 0 Å². The number of hydrogen-bond donors (Lipinski definition) is 2. The number of aliphatic carboxylic acids is 1. The van der Waals surface area contributed by atoms with Gasteiger partial charge in [-0.2, -0.15) is 0 Å². The minimum Gasteiger partial charge on any atom is -0.480 e. The Morgan fingerprint density at radius 1 is 1.39 bits per heavy atom. The molecule has 1 rings (SSSR count). The first kappa shape index (κ1) is 14.6. The van der Waals surface area contributed by atoms with Gasteiger partial charge in [-0.05, 0) is 31.0 Å². The van der Waals surface area contributed by atoms with Crippen LogP contribution in [0.1, 0.15) is 44.7 Å². The van der Waals surface area contributed by atoms with Crippen LogP contribution in [-0.4, -0.2) is 17.1 Å². The highest BCUT2D eigenvalue weighted by Gasteiger charge is 2.19. The van der Waals surface area contributed by atoms with Gasteiger partial charge in [0.1, 0.15) is 11.9 Å². The Labute approximate surface area is 107 Å². The molecule has 0 aromatic heterocycles. The molecule has 3 nitrogen and oxygen atoms in total. The summed E-state index contributed by atoms with van der Waals surface area (Å²) < 4.78 is 12.8. The first-order valence-corrected chi connectivity index (χ1v) is 6.29. The number of carboxylic acid groups (broad SMARTS) is 1. The normalized spacial score (nSPS) is 14.2. The molecule has 0 radical (unpaired) electrons. The Morgan fingerprint density at radius 2 is 2.00 bits per heavy atom. The average Bonchev–Trinajstić information content (AvgIpc) is 2.34. The van der Waals surface area contributed by atoms with E-state index in [0.717, 1.165) is 18.4 Å². The van der Waals surface area contributed by atoms with Crippen LogP contribution in [0.5, 0.6) is 0 Å². The van der Waals surface area contributed by atoms with Crippen molar-refractivity contribution in [2.45, 2.75) is 45.2 Å². The zero-order valence-electron chi connectivity index (χ0n) is 10.8. The topological polar surface area (TPSA) is 49.3 Å². The van der Waals surface area contributed by atoms with E-state index in [9.17, 15) is 9.18 Å². The monoisotopic (exact) mass is 253 g/mol. The molecule has 1 aromatic carbocycles. The number of unbranched alkanes of at least 4 members (excludes halogenated alkanes) is 1. The lowest BCUT2D eigenvalue weighted by molar-refractivity contribution is -0.139. The van der Waals surface area contributed by atoms with Crippen molar-refractivity contribution in [2.75, 3.05) is 0 Å². The third-order valence-electron chi connectivity index (χ3n) is 2.97. The van der Waals surface area contributed by atoms with Crippen LogP contribution in [0, 0.1) is 5.82 Å². The molecule has 100 valence electrons. The Balaban J connectivity index is 2.62. The molecule has 2 atom stereocenters. The molecule has 0 saturated carbocycles. The Morgan fingerprint density at radius 3 is 2.50 bits per heavy atom. The van der Waals surface area contributed by atoms with Gasteiger partial charge >= 0.3 is 5.97 Å². The van der Waals surface area contributed by atoms with E-state index in [4.69, 9.17) is 5.11 Å². The van der Waals surface area contributed by atoms with Gasteiger partial charge in [-0.25, -0.2) is 4.39 Å². The number of rotatable bonds is 7. The molecule has 4 heteroatoms. The van der Waals surface area contributed by atoms with E-state index in [1.807, 2.05) is 13.8 Å². The van der Waals surface area contributed by atoms with Crippen molar-refractivity contribution in [3.63, 3.8) is 0 Å². The van der Waals surface area contributed by atoms with Crippen LogP contribution >= 0.6 is 0 Å². The van der Waals surface area contributed by atoms with E-state index in [1.54, 1.807) is 12.1 Å². The zero-order valence-corrected chi connectivity index (χ0v) is 10.8. The second-order valence-electron chi connectivity index (χ2n) is 4.47. The van der Waals surface area contributed by atoms with Crippen LogP contribution in [0.3, 0.4) is 0 Å². The number of nitrogens with one attached hydrogen (secondary N) is 1. The molecule has 1 aromatic rings. The standard InChI is InChI=1S/C14H20FNO2/c1-3-4-5-13(14(17)18)16-10(2)11-6-8-12(15)9-7-11/h6-10,13,16H,3-5H2,1-2H3,(H,17,18)/t10-,13?/m0/s1. The van der Waals surface area contributed by atoms with Gasteiger partial charge in [-0.3, -0.25) is 10.1 Å². The molecule has 0 bridgehead atoms. The molecule has 0 aliphatic heterocycles. The van der Waals surface area contributed by atoms with Crippen LogP contribution in [0.4, 0.5) is 4.39 Å². The third-order valence-corrected chi connectivity index (χ3v) is 2.97. The lowest BCUT2D eigenvalue weighted by atomic mass is 10.0. The molecule has 0 saturated heterocycles.